The molecule has 1 aromatic carbocycles. The van der Waals surface area contributed by atoms with Gasteiger partial charge in [0.25, 0.3) is 5.91 Å². The van der Waals surface area contributed by atoms with Crippen LogP contribution in [0.5, 0.6) is 5.75 Å². The molecule has 0 spiro atoms. The maximum Gasteiger partial charge on any atom is 0.270 e. The van der Waals surface area contributed by atoms with Crippen molar-refractivity contribution < 1.29 is 19.8 Å². The minimum atomic E-state index is -0.540. The maximum absolute atomic E-state index is 12.5. The number of hydrogen-bond acceptors (Lipinski definition) is 5. The number of nitrogens with zero attached hydrogens (tertiary/aromatic N) is 1. The standard InChI is InChI=1S/C24H31N3O4/c1-24(2,3)17-9-8-15(12-21(17)29)13-22(30)26-16-10-11-25-19(14-16)23(31)27-18-6-4-5-7-20(18)28/h8-12,14,18,20,28-29H,4-7,13H2,1-3H3,(H,27,31)(H,25,26,30)/t18?,20-/m0/s1. The van der Waals surface area contributed by atoms with Crippen LogP contribution < -0.4 is 10.6 Å². The second kappa shape index (κ2) is 9.47. The van der Waals surface area contributed by atoms with Gasteiger partial charge in [-0.15, -0.1) is 0 Å². The van der Waals surface area contributed by atoms with Crippen molar-refractivity contribution in [2.24, 2.45) is 0 Å². The van der Waals surface area contributed by atoms with Crippen LogP contribution in [-0.4, -0.2) is 39.2 Å². The first-order chi connectivity index (χ1) is 14.6. The molecule has 31 heavy (non-hydrogen) atoms. The van der Waals surface area contributed by atoms with Gasteiger partial charge in [0, 0.05) is 11.9 Å². The Morgan fingerprint density at radius 2 is 1.87 bits per heavy atom. The number of carbonyl (C=O) groups is 2. The van der Waals surface area contributed by atoms with Crippen molar-refractivity contribution in [3.63, 3.8) is 0 Å². The number of carbonyl (C=O) groups excluding carboxylic acids is 2. The van der Waals surface area contributed by atoms with Gasteiger partial charge in [0.1, 0.15) is 11.4 Å². The number of aliphatic hydroxyl groups excluding tert-OH is 1. The minimum absolute atomic E-state index is 0.0934. The van der Waals surface area contributed by atoms with Gasteiger partial charge in [-0.3, -0.25) is 14.6 Å². The third kappa shape index (κ3) is 6.04. The molecule has 4 N–H and O–H groups in total. The fourth-order valence-electron chi connectivity index (χ4n) is 3.87. The normalized spacial score (nSPS) is 19.0. The first-order valence-corrected chi connectivity index (χ1v) is 10.7. The number of nitrogens with one attached hydrogen (secondary N) is 2. The summed E-state index contributed by atoms with van der Waals surface area (Å²) in [5, 5.41) is 25.9. The summed E-state index contributed by atoms with van der Waals surface area (Å²) in [5.74, 6) is -0.460. The fraction of sp³-hybridized carbons (Fsp3) is 0.458. The van der Waals surface area contributed by atoms with Crippen molar-refractivity contribution in [3.8, 4) is 5.75 Å². The summed E-state index contributed by atoms with van der Waals surface area (Å²) < 4.78 is 0. The molecule has 1 aliphatic carbocycles. The van der Waals surface area contributed by atoms with Gasteiger partial charge in [-0.25, -0.2) is 0 Å². The number of phenolic OH excluding ortho intramolecular Hbond substituents is 1. The minimum Gasteiger partial charge on any atom is -0.508 e. The molecule has 2 aromatic rings. The molecule has 2 atom stereocenters. The van der Waals surface area contributed by atoms with E-state index in [4.69, 9.17) is 0 Å². The van der Waals surface area contributed by atoms with Crippen molar-refractivity contribution in [1.82, 2.24) is 10.3 Å². The van der Waals surface area contributed by atoms with E-state index < -0.39 is 6.10 Å². The van der Waals surface area contributed by atoms with Gasteiger partial charge in [-0.1, -0.05) is 45.7 Å². The van der Waals surface area contributed by atoms with Crippen LogP contribution in [-0.2, 0) is 16.6 Å². The molecule has 1 fully saturated rings. The summed E-state index contributed by atoms with van der Waals surface area (Å²) in [4.78, 5) is 29.1. The SMILES string of the molecule is CC(C)(C)c1ccc(CC(=O)Nc2ccnc(C(=O)NC3CCCC[C@@H]3O)c2)cc1O. The third-order valence-electron chi connectivity index (χ3n) is 5.56. The molecule has 1 unspecified atom stereocenters. The van der Waals surface area contributed by atoms with E-state index in [2.05, 4.69) is 15.6 Å². The number of anilines is 1. The maximum atomic E-state index is 12.5. The number of aromatic hydroxyl groups is 1. The Balaban J connectivity index is 1.62. The topological polar surface area (TPSA) is 112 Å². The van der Waals surface area contributed by atoms with Crippen LogP contribution >= 0.6 is 0 Å². The lowest BCUT2D eigenvalue weighted by atomic mass is 9.85. The summed E-state index contributed by atoms with van der Waals surface area (Å²) in [5.41, 5.74) is 1.98. The van der Waals surface area contributed by atoms with Crippen LogP contribution in [0.3, 0.4) is 0 Å². The van der Waals surface area contributed by atoms with Crippen molar-refractivity contribution >= 4 is 17.5 Å². The highest BCUT2D eigenvalue weighted by Crippen LogP contribution is 2.31. The average molecular weight is 426 g/mol. The summed E-state index contributed by atoms with van der Waals surface area (Å²) in [7, 11) is 0. The average Bonchev–Trinajstić information content (AvgIpc) is 2.69. The first-order valence-electron chi connectivity index (χ1n) is 10.7. The van der Waals surface area contributed by atoms with Gasteiger partial charge >= 0.3 is 0 Å². The van der Waals surface area contributed by atoms with Gasteiger partial charge in [-0.05, 0) is 47.6 Å². The van der Waals surface area contributed by atoms with Crippen molar-refractivity contribution in [3.05, 3.63) is 53.3 Å². The molecule has 0 radical (unpaired) electrons. The lowest BCUT2D eigenvalue weighted by molar-refractivity contribution is -0.115. The molecule has 0 saturated heterocycles. The number of rotatable bonds is 5. The Kier molecular flexibility index (Phi) is 6.95. The number of pyridine rings is 1. The van der Waals surface area contributed by atoms with E-state index in [1.54, 1.807) is 12.1 Å². The molecule has 1 heterocycles. The predicted octanol–water partition coefficient (Wildman–Crippen LogP) is 3.30. The van der Waals surface area contributed by atoms with E-state index in [0.29, 0.717) is 17.7 Å². The summed E-state index contributed by atoms with van der Waals surface area (Å²) in [6.45, 7) is 6.04. The van der Waals surface area contributed by atoms with Crippen molar-refractivity contribution in [2.75, 3.05) is 5.32 Å². The van der Waals surface area contributed by atoms with Gasteiger partial charge in [0.15, 0.2) is 0 Å². The molecule has 3 rings (SSSR count). The molecular weight excluding hydrogens is 394 g/mol. The second-order valence-electron chi connectivity index (χ2n) is 9.19. The number of hydrogen-bond donors (Lipinski definition) is 4. The Morgan fingerprint density at radius 3 is 2.55 bits per heavy atom. The molecule has 1 aromatic heterocycles. The van der Waals surface area contributed by atoms with Crippen LogP contribution in [0.4, 0.5) is 5.69 Å². The third-order valence-corrected chi connectivity index (χ3v) is 5.56. The quantitative estimate of drug-likeness (QED) is 0.587. The van der Waals surface area contributed by atoms with Crippen LogP contribution in [0.25, 0.3) is 0 Å². The van der Waals surface area contributed by atoms with Gasteiger partial charge in [0.2, 0.25) is 5.91 Å². The monoisotopic (exact) mass is 425 g/mol. The highest BCUT2D eigenvalue weighted by Gasteiger charge is 2.25. The fourth-order valence-corrected chi connectivity index (χ4v) is 3.87. The molecule has 166 valence electrons. The zero-order valence-corrected chi connectivity index (χ0v) is 18.3. The molecule has 0 bridgehead atoms. The number of benzene rings is 1. The van der Waals surface area contributed by atoms with Crippen LogP contribution in [0.1, 0.15) is 68.1 Å². The van der Waals surface area contributed by atoms with E-state index in [1.807, 2.05) is 32.9 Å². The van der Waals surface area contributed by atoms with E-state index in [1.165, 1.54) is 12.3 Å². The highest BCUT2D eigenvalue weighted by molar-refractivity contribution is 5.96. The van der Waals surface area contributed by atoms with E-state index in [0.717, 1.165) is 24.8 Å². The van der Waals surface area contributed by atoms with E-state index in [-0.39, 0.29) is 41.1 Å². The summed E-state index contributed by atoms with van der Waals surface area (Å²) >= 11 is 0. The van der Waals surface area contributed by atoms with Gasteiger partial charge < -0.3 is 20.8 Å². The summed E-state index contributed by atoms with van der Waals surface area (Å²) in [6, 6.07) is 8.14. The first kappa shape index (κ1) is 22.7. The molecule has 7 nitrogen and oxygen atoms in total. The lowest BCUT2D eigenvalue weighted by Gasteiger charge is -2.28. The van der Waals surface area contributed by atoms with Crippen LogP contribution in [0, 0.1) is 0 Å². The van der Waals surface area contributed by atoms with Crippen LogP contribution in [0.15, 0.2) is 36.5 Å². The Morgan fingerprint density at radius 1 is 1.13 bits per heavy atom. The number of aromatic nitrogens is 1. The molecule has 1 aliphatic rings. The lowest BCUT2D eigenvalue weighted by Crippen LogP contribution is -2.45. The largest absolute Gasteiger partial charge is 0.508 e. The summed E-state index contributed by atoms with van der Waals surface area (Å²) in [6.07, 6.45) is 4.37. The number of amides is 2. The Labute approximate surface area is 182 Å². The van der Waals surface area contributed by atoms with E-state index in [9.17, 15) is 19.8 Å². The number of aliphatic hydroxyl groups is 1. The Bertz CT molecular complexity index is 952. The number of phenols is 1. The van der Waals surface area contributed by atoms with Crippen LogP contribution in [0.2, 0.25) is 0 Å². The molecule has 2 amide bonds. The predicted molar refractivity (Wildman–Crippen MR) is 119 cm³/mol. The second-order valence-corrected chi connectivity index (χ2v) is 9.19. The highest BCUT2D eigenvalue weighted by atomic mass is 16.3. The van der Waals surface area contributed by atoms with Crippen molar-refractivity contribution in [1.29, 1.82) is 0 Å². The molecule has 0 aliphatic heterocycles. The Hall–Kier alpha value is -2.93. The smallest absolute Gasteiger partial charge is 0.270 e. The van der Waals surface area contributed by atoms with Crippen molar-refractivity contribution in [2.45, 2.75) is 70.4 Å². The molecule has 7 heteroatoms. The zero-order valence-electron chi connectivity index (χ0n) is 18.3. The van der Waals surface area contributed by atoms with Gasteiger partial charge in [-0.2, -0.15) is 0 Å². The molecule has 1 saturated carbocycles. The zero-order chi connectivity index (χ0) is 22.6. The molecular formula is C24H31N3O4. The van der Waals surface area contributed by atoms with E-state index >= 15 is 0 Å². The van der Waals surface area contributed by atoms with Gasteiger partial charge in [0.05, 0.1) is 18.6 Å².